The van der Waals surface area contributed by atoms with Gasteiger partial charge in [-0.05, 0) is 25.8 Å². The molecular weight excluding hydrogens is 210 g/mol. The molecule has 2 rings (SSSR count). The molecule has 0 bridgehead atoms. The molecule has 0 spiro atoms. The minimum atomic E-state index is -0.437. The molecule has 0 aromatic carbocycles. The number of hydrogen-bond acceptors (Lipinski definition) is 4. The molecule has 0 N–H and O–H groups in total. The molecule has 0 aliphatic heterocycles. The number of aromatic nitrogens is 1. The Bertz CT molecular complexity index is 393. The predicted octanol–water partition coefficient (Wildman–Crippen LogP) is 2.38. The van der Waals surface area contributed by atoms with Gasteiger partial charge in [0.2, 0.25) is 0 Å². The molecule has 0 amide bonds. The van der Waals surface area contributed by atoms with Crippen molar-refractivity contribution in [2.45, 2.75) is 25.2 Å². The maximum absolute atomic E-state index is 11.7. The average Bonchev–Trinajstić information content (AvgIpc) is 2.91. The van der Waals surface area contributed by atoms with Gasteiger partial charge in [-0.15, -0.1) is 11.3 Å². The van der Waals surface area contributed by atoms with E-state index in [0.717, 1.165) is 23.5 Å². The molecule has 1 aliphatic rings. The van der Waals surface area contributed by atoms with Crippen LogP contribution in [0, 0.1) is 0 Å². The Morgan fingerprint density at radius 3 is 3.00 bits per heavy atom. The fourth-order valence-electron chi connectivity index (χ4n) is 1.56. The molecule has 0 saturated heterocycles. The summed E-state index contributed by atoms with van der Waals surface area (Å²) in [5.74, 6) is -0.133. The summed E-state index contributed by atoms with van der Waals surface area (Å²) < 4.78 is 5.07. The Labute approximate surface area is 92.8 Å². The molecule has 0 unspecified atom stereocenters. The summed E-state index contributed by atoms with van der Waals surface area (Å²) in [4.78, 5) is 16.1. The van der Waals surface area contributed by atoms with E-state index in [1.807, 2.05) is 12.3 Å². The first kappa shape index (κ1) is 10.4. The smallest absolute Gasteiger partial charge is 0.318 e. The maximum Gasteiger partial charge on any atom is 0.318 e. The van der Waals surface area contributed by atoms with Gasteiger partial charge in [0.25, 0.3) is 0 Å². The number of hydrogen-bond donors (Lipinski definition) is 0. The largest absolute Gasteiger partial charge is 0.465 e. The van der Waals surface area contributed by atoms with E-state index in [1.165, 1.54) is 11.3 Å². The lowest BCUT2D eigenvalue weighted by Crippen LogP contribution is -2.23. The van der Waals surface area contributed by atoms with Gasteiger partial charge in [0.05, 0.1) is 12.3 Å². The van der Waals surface area contributed by atoms with Crippen LogP contribution >= 0.6 is 11.3 Å². The third-order valence-electron chi connectivity index (χ3n) is 2.60. The Kier molecular flexibility index (Phi) is 2.61. The quantitative estimate of drug-likeness (QED) is 0.736. The highest BCUT2D eigenvalue weighted by molar-refractivity contribution is 7.10. The third-order valence-corrected chi connectivity index (χ3v) is 3.44. The van der Waals surface area contributed by atoms with Gasteiger partial charge in [-0.1, -0.05) is 6.58 Å². The lowest BCUT2D eigenvalue weighted by atomic mass is 10.0. The van der Waals surface area contributed by atoms with Gasteiger partial charge in [-0.2, -0.15) is 0 Å². The molecule has 15 heavy (non-hydrogen) atoms. The number of carbonyl (C=O) groups excluding carboxylic acids is 1. The van der Waals surface area contributed by atoms with E-state index in [2.05, 4.69) is 11.6 Å². The molecule has 4 heteroatoms. The topological polar surface area (TPSA) is 39.2 Å². The normalized spacial score (nSPS) is 17.1. The van der Waals surface area contributed by atoms with Crippen LogP contribution in [-0.4, -0.2) is 17.6 Å². The molecule has 1 aromatic heterocycles. The van der Waals surface area contributed by atoms with Crippen LogP contribution in [0.2, 0.25) is 0 Å². The minimum Gasteiger partial charge on any atom is -0.465 e. The molecule has 1 aromatic rings. The Morgan fingerprint density at radius 2 is 2.53 bits per heavy atom. The van der Waals surface area contributed by atoms with E-state index in [4.69, 9.17) is 4.74 Å². The zero-order chi connectivity index (χ0) is 10.9. The van der Waals surface area contributed by atoms with Crippen molar-refractivity contribution in [2.24, 2.45) is 0 Å². The third kappa shape index (κ3) is 1.69. The fourth-order valence-corrected chi connectivity index (χ4v) is 2.32. The van der Waals surface area contributed by atoms with Crippen LogP contribution < -0.4 is 0 Å². The number of esters is 1. The summed E-state index contributed by atoms with van der Waals surface area (Å²) in [6, 6.07) is 0. The first-order valence-electron chi connectivity index (χ1n) is 4.98. The Hall–Kier alpha value is -1.16. The Morgan fingerprint density at radius 1 is 1.80 bits per heavy atom. The molecule has 1 saturated carbocycles. The lowest BCUT2D eigenvalue weighted by Gasteiger charge is -2.10. The summed E-state index contributed by atoms with van der Waals surface area (Å²) in [5.41, 5.74) is 0.411. The van der Waals surface area contributed by atoms with Crippen LogP contribution in [0.15, 0.2) is 12.0 Å². The summed E-state index contributed by atoms with van der Waals surface area (Å²) in [6.07, 6.45) is 3.41. The van der Waals surface area contributed by atoms with Gasteiger partial charge in [0.1, 0.15) is 10.4 Å². The summed E-state index contributed by atoms with van der Waals surface area (Å²) in [5, 5.41) is 2.79. The second-order valence-electron chi connectivity index (χ2n) is 3.58. The monoisotopic (exact) mass is 223 g/mol. The van der Waals surface area contributed by atoms with Gasteiger partial charge >= 0.3 is 5.97 Å². The number of ether oxygens (including phenoxy) is 1. The van der Waals surface area contributed by atoms with Gasteiger partial charge < -0.3 is 4.74 Å². The molecule has 0 radical (unpaired) electrons. The second-order valence-corrected chi connectivity index (χ2v) is 4.47. The standard InChI is InChI=1S/C11H13NO2S/c1-3-9-12-8(7-15-9)11(5-6-11)10(13)14-4-2/h3,7H,1,4-6H2,2H3. The average molecular weight is 223 g/mol. The van der Waals surface area contributed by atoms with E-state index >= 15 is 0 Å². The number of thiazole rings is 1. The summed E-state index contributed by atoms with van der Waals surface area (Å²) >= 11 is 1.51. The first-order chi connectivity index (χ1) is 7.23. The molecule has 1 fully saturated rings. The van der Waals surface area contributed by atoms with Crippen LogP contribution in [0.3, 0.4) is 0 Å². The van der Waals surface area contributed by atoms with E-state index in [0.29, 0.717) is 6.61 Å². The van der Waals surface area contributed by atoms with Crippen molar-refractivity contribution in [3.05, 3.63) is 22.7 Å². The van der Waals surface area contributed by atoms with Crippen molar-refractivity contribution in [3.63, 3.8) is 0 Å². The highest BCUT2D eigenvalue weighted by Crippen LogP contribution is 2.49. The molecular formula is C11H13NO2S. The van der Waals surface area contributed by atoms with Crippen LogP contribution in [0.1, 0.15) is 30.5 Å². The van der Waals surface area contributed by atoms with Crippen LogP contribution in [0.25, 0.3) is 6.08 Å². The summed E-state index contributed by atoms with van der Waals surface area (Å²) in [7, 11) is 0. The zero-order valence-electron chi connectivity index (χ0n) is 8.66. The Balaban J connectivity index is 2.22. The van der Waals surface area contributed by atoms with E-state index < -0.39 is 5.41 Å². The summed E-state index contributed by atoms with van der Waals surface area (Å²) in [6.45, 7) is 5.91. The molecule has 0 atom stereocenters. The number of rotatable bonds is 4. The molecule has 1 aliphatic carbocycles. The van der Waals surface area contributed by atoms with Crippen molar-refractivity contribution in [1.29, 1.82) is 0 Å². The van der Waals surface area contributed by atoms with E-state index in [1.54, 1.807) is 6.08 Å². The first-order valence-corrected chi connectivity index (χ1v) is 5.86. The van der Waals surface area contributed by atoms with Crippen LogP contribution in [-0.2, 0) is 14.9 Å². The second kappa shape index (κ2) is 3.77. The predicted molar refractivity (Wildman–Crippen MR) is 59.8 cm³/mol. The van der Waals surface area contributed by atoms with Gasteiger partial charge in [-0.25, -0.2) is 4.98 Å². The maximum atomic E-state index is 11.7. The van der Waals surface area contributed by atoms with Crippen LogP contribution in [0.5, 0.6) is 0 Å². The fraction of sp³-hybridized carbons (Fsp3) is 0.455. The van der Waals surface area contributed by atoms with E-state index in [9.17, 15) is 4.79 Å². The van der Waals surface area contributed by atoms with E-state index in [-0.39, 0.29) is 5.97 Å². The van der Waals surface area contributed by atoms with Gasteiger partial charge in [0, 0.05) is 5.38 Å². The SMILES string of the molecule is C=Cc1nc(C2(C(=O)OCC)CC2)cs1. The zero-order valence-corrected chi connectivity index (χ0v) is 9.47. The highest BCUT2D eigenvalue weighted by Gasteiger charge is 2.54. The van der Waals surface area contributed by atoms with Crippen molar-refractivity contribution >= 4 is 23.4 Å². The number of carbonyl (C=O) groups is 1. The van der Waals surface area contributed by atoms with Crippen molar-refractivity contribution in [3.8, 4) is 0 Å². The number of nitrogens with zero attached hydrogens (tertiary/aromatic N) is 1. The molecule has 80 valence electrons. The van der Waals surface area contributed by atoms with Gasteiger partial charge in [-0.3, -0.25) is 4.79 Å². The highest BCUT2D eigenvalue weighted by atomic mass is 32.1. The minimum absolute atomic E-state index is 0.133. The van der Waals surface area contributed by atoms with Crippen molar-refractivity contribution < 1.29 is 9.53 Å². The molecule has 3 nitrogen and oxygen atoms in total. The lowest BCUT2D eigenvalue weighted by molar-refractivity contribution is -0.146. The van der Waals surface area contributed by atoms with Crippen molar-refractivity contribution in [2.75, 3.05) is 6.61 Å². The van der Waals surface area contributed by atoms with Gasteiger partial charge in [0.15, 0.2) is 0 Å². The van der Waals surface area contributed by atoms with Crippen molar-refractivity contribution in [1.82, 2.24) is 4.98 Å². The molecule has 1 heterocycles. The van der Waals surface area contributed by atoms with Crippen LogP contribution in [0.4, 0.5) is 0 Å².